The average molecular weight is 392 g/mol. The fourth-order valence-corrected chi connectivity index (χ4v) is 2.89. The van der Waals surface area contributed by atoms with Gasteiger partial charge in [-0.2, -0.15) is 18.3 Å². The van der Waals surface area contributed by atoms with Crippen molar-refractivity contribution in [2.75, 3.05) is 6.54 Å². The molecule has 1 aliphatic rings. The molecule has 28 heavy (non-hydrogen) atoms. The molecule has 0 saturated carbocycles. The number of nitrogens with one attached hydrogen (secondary N) is 1. The lowest BCUT2D eigenvalue weighted by Crippen LogP contribution is -2.32. The normalized spacial score (nSPS) is 13.8. The molecule has 0 radical (unpaired) electrons. The largest absolute Gasteiger partial charge is 0.457 e. The van der Waals surface area contributed by atoms with Crippen molar-refractivity contribution in [3.8, 4) is 17.3 Å². The number of carbonyl (C=O) groups is 1. The van der Waals surface area contributed by atoms with Crippen molar-refractivity contribution in [3.05, 3.63) is 65.4 Å². The highest BCUT2D eigenvalue weighted by molar-refractivity contribution is 5.96. The number of ether oxygens (including phenoxy) is 1. The summed E-state index contributed by atoms with van der Waals surface area (Å²) in [5.74, 6) is -1.13. The van der Waals surface area contributed by atoms with Crippen molar-refractivity contribution < 1.29 is 27.1 Å². The Kier molecular flexibility index (Phi) is 4.25. The Labute approximate surface area is 155 Å². The van der Waals surface area contributed by atoms with Gasteiger partial charge in [-0.1, -0.05) is 0 Å². The summed E-state index contributed by atoms with van der Waals surface area (Å²) >= 11 is 0. The Morgan fingerprint density at radius 1 is 1.14 bits per heavy atom. The van der Waals surface area contributed by atoms with Crippen LogP contribution in [-0.4, -0.2) is 27.2 Å². The van der Waals surface area contributed by atoms with E-state index < -0.39 is 17.6 Å². The van der Waals surface area contributed by atoms with Crippen LogP contribution < -0.4 is 10.1 Å². The zero-order valence-corrected chi connectivity index (χ0v) is 14.1. The van der Waals surface area contributed by atoms with E-state index >= 15 is 0 Å². The number of pyridine rings is 1. The van der Waals surface area contributed by atoms with Crippen LogP contribution in [-0.2, 0) is 12.6 Å². The number of carbonyl (C=O) groups excluding carboxylic acids is 1. The SMILES string of the molecule is O=C1NCCc2c1cnn2-c1cc(Oc2cc(F)cc(C(F)(F)F)c2)ccn1. The summed E-state index contributed by atoms with van der Waals surface area (Å²) < 4.78 is 59.0. The second kappa shape index (κ2) is 6.63. The smallest absolute Gasteiger partial charge is 0.416 e. The van der Waals surface area contributed by atoms with Gasteiger partial charge < -0.3 is 10.1 Å². The molecule has 3 aromatic rings. The van der Waals surface area contributed by atoms with Gasteiger partial charge in [0.05, 0.1) is 23.0 Å². The first-order chi connectivity index (χ1) is 13.3. The molecule has 1 aliphatic heterocycles. The maximum Gasteiger partial charge on any atom is 0.416 e. The van der Waals surface area contributed by atoms with Crippen LogP contribution in [0.4, 0.5) is 17.6 Å². The Hall–Kier alpha value is -3.43. The third-order valence-corrected chi connectivity index (χ3v) is 4.13. The van der Waals surface area contributed by atoms with Crippen LogP contribution in [0.3, 0.4) is 0 Å². The molecule has 1 amide bonds. The third-order valence-electron chi connectivity index (χ3n) is 4.13. The summed E-state index contributed by atoms with van der Waals surface area (Å²) in [5.41, 5.74) is -0.0539. The van der Waals surface area contributed by atoms with E-state index in [0.29, 0.717) is 42.2 Å². The van der Waals surface area contributed by atoms with E-state index in [1.54, 1.807) is 0 Å². The molecule has 0 spiro atoms. The molecule has 6 nitrogen and oxygen atoms in total. The Bertz CT molecular complexity index is 1060. The molecule has 10 heteroatoms. The minimum Gasteiger partial charge on any atom is -0.457 e. The van der Waals surface area contributed by atoms with Crippen molar-refractivity contribution in [2.45, 2.75) is 12.6 Å². The number of aromatic nitrogens is 3. The molecule has 4 rings (SSSR count). The number of nitrogens with zero attached hydrogens (tertiary/aromatic N) is 3. The van der Waals surface area contributed by atoms with E-state index in [-0.39, 0.29) is 17.4 Å². The van der Waals surface area contributed by atoms with E-state index in [0.717, 1.165) is 6.07 Å². The zero-order chi connectivity index (χ0) is 19.9. The Balaban J connectivity index is 1.66. The number of benzene rings is 1. The van der Waals surface area contributed by atoms with Crippen molar-refractivity contribution >= 4 is 5.91 Å². The highest BCUT2D eigenvalue weighted by atomic mass is 19.4. The Morgan fingerprint density at radius 2 is 1.96 bits per heavy atom. The number of halogens is 4. The molecule has 0 fully saturated rings. The molecule has 1 aromatic carbocycles. The van der Waals surface area contributed by atoms with Crippen LogP contribution in [0.1, 0.15) is 21.6 Å². The highest BCUT2D eigenvalue weighted by Crippen LogP contribution is 2.34. The molecule has 144 valence electrons. The predicted octanol–water partition coefficient (Wildman–Crippen LogP) is 3.50. The van der Waals surface area contributed by atoms with E-state index in [2.05, 4.69) is 15.4 Å². The summed E-state index contributed by atoms with van der Waals surface area (Å²) in [6.45, 7) is 0.456. The third kappa shape index (κ3) is 3.40. The van der Waals surface area contributed by atoms with Gasteiger partial charge in [0.2, 0.25) is 0 Å². The molecule has 1 N–H and O–H groups in total. The molecule has 2 aromatic heterocycles. The van der Waals surface area contributed by atoms with Crippen LogP contribution in [0.25, 0.3) is 5.82 Å². The van der Waals surface area contributed by atoms with E-state index in [1.807, 2.05) is 0 Å². The predicted molar refractivity (Wildman–Crippen MR) is 88.9 cm³/mol. The van der Waals surface area contributed by atoms with Crippen molar-refractivity contribution in [2.24, 2.45) is 0 Å². The monoisotopic (exact) mass is 392 g/mol. The second-order valence-corrected chi connectivity index (χ2v) is 6.05. The summed E-state index contributed by atoms with van der Waals surface area (Å²) in [7, 11) is 0. The fraction of sp³-hybridized carbons (Fsp3) is 0.167. The van der Waals surface area contributed by atoms with Gasteiger partial charge in [-0.3, -0.25) is 4.79 Å². The molecular formula is C18H12F4N4O2. The van der Waals surface area contributed by atoms with Gasteiger partial charge in [0, 0.05) is 31.3 Å². The molecular weight excluding hydrogens is 380 g/mol. The van der Waals surface area contributed by atoms with Crippen LogP contribution in [0.15, 0.2) is 42.7 Å². The van der Waals surface area contributed by atoms with E-state index in [9.17, 15) is 22.4 Å². The van der Waals surface area contributed by atoms with Crippen LogP contribution in [0.5, 0.6) is 11.5 Å². The summed E-state index contributed by atoms with van der Waals surface area (Å²) in [6.07, 6.45) is -1.35. The number of hydrogen-bond acceptors (Lipinski definition) is 4. The Morgan fingerprint density at radius 3 is 2.75 bits per heavy atom. The van der Waals surface area contributed by atoms with E-state index in [1.165, 1.54) is 29.2 Å². The van der Waals surface area contributed by atoms with Gasteiger partial charge in [0.15, 0.2) is 5.82 Å². The van der Waals surface area contributed by atoms with Crippen molar-refractivity contribution in [1.29, 1.82) is 0 Å². The van der Waals surface area contributed by atoms with Gasteiger partial charge >= 0.3 is 6.18 Å². The van der Waals surface area contributed by atoms with Crippen LogP contribution in [0.2, 0.25) is 0 Å². The minimum absolute atomic E-state index is 0.147. The molecule has 0 bridgehead atoms. The molecule has 0 unspecified atom stereocenters. The number of amides is 1. The topological polar surface area (TPSA) is 69.0 Å². The maximum absolute atomic E-state index is 13.5. The highest BCUT2D eigenvalue weighted by Gasteiger charge is 2.31. The van der Waals surface area contributed by atoms with Gasteiger partial charge in [0.1, 0.15) is 17.3 Å². The lowest BCUT2D eigenvalue weighted by molar-refractivity contribution is -0.137. The molecule has 0 saturated heterocycles. The summed E-state index contributed by atoms with van der Waals surface area (Å²) in [4.78, 5) is 16.0. The van der Waals surface area contributed by atoms with Crippen molar-refractivity contribution in [1.82, 2.24) is 20.1 Å². The molecule has 3 heterocycles. The number of rotatable bonds is 3. The summed E-state index contributed by atoms with van der Waals surface area (Å²) in [6, 6.07) is 4.83. The van der Waals surface area contributed by atoms with Crippen LogP contribution in [0, 0.1) is 5.82 Å². The zero-order valence-electron chi connectivity index (χ0n) is 14.1. The first kappa shape index (κ1) is 18.0. The number of alkyl halides is 3. The number of hydrogen-bond donors (Lipinski definition) is 1. The molecule has 0 aliphatic carbocycles. The molecule has 0 atom stereocenters. The quantitative estimate of drug-likeness (QED) is 0.693. The first-order valence-electron chi connectivity index (χ1n) is 8.18. The van der Waals surface area contributed by atoms with Gasteiger partial charge in [-0.15, -0.1) is 0 Å². The van der Waals surface area contributed by atoms with Crippen LogP contribution >= 0.6 is 0 Å². The maximum atomic E-state index is 13.5. The average Bonchev–Trinajstić information content (AvgIpc) is 3.06. The summed E-state index contributed by atoms with van der Waals surface area (Å²) in [5, 5.41) is 6.86. The van der Waals surface area contributed by atoms with Gasteiger partial charge in [0.25, 0.3) is 5.91 Å². The first-order valence-corrected chi connectivity index (χ1v) is 8.18. The lowest BCUT2D eigenvalue weighted by atomic mass is 10.1. The second-order valence-electron chi connectivity index (χ2n) is 6.05. The minimum atomic E-state index is -4.70. The lowest BCUT2D eigenvalue weighted by Gasteiger charge is -2.15. The number of fused-ring (bicyclic) bond motifs is 1. The van der Waals surface area contributed by atoms with Gasteiger partial charge in [-0.25, -0.2) is 14.1 Å². The van der Waals surface area contributed by atoms with Crippen molar-refractivity contribution in [3.63, 3.8) is 0 Å². The van der Waals surface area contributed by atoms with E-state index in [4.69, 9.17) is 4.74 Å². The standard InChI is InChI=1S/C18H12F4N4O2/c19-11-5-10(18(20,21)22)6-13(7-11)28-12-1-3-23-16(8-12)26-15-2-4-24-17(27)14(15)9-25-26/h1,3,5-9H,2,4H2,(H,24,27). The van der Waals surface area contributed by atoms with Gasteiger partial charge in [-0.05, 0) is 18.2 Å². The fourth-order valence-electron chi connectivity index (χ4n) is 2.89.